The first-order chi connectivity index (χ1) is 9.97. The van der Waals surface area contributed by atoms with Crippen LogP contribution in [0.5, 0.6) is 0 Å². The van der Waals surface area contributed by atoms with Gasteiger partial charge in [0.15, 0.2) is 0 Å². The Morgan fingerprint density at radius 1 is 1.19 bits per heavy atom. The van der Waals surface area contributed by atoms with Gasteiger partial charge in [-0.1, -0.05) is 17.7 Å². The molecule has 0 aliphatic rings. The maximum absolute atomic E-state index is 13.4. The summed E-state index contributed by atoms with van der Waals surface area (Å²) < 4.78 is 26.4. The first-order valence-electron chi connectivity index (χ1n) is 6.21. The maximum Gasteiger partial charge on any atom is 0.243 e. The van der Waals surface area contributed by atoms with E-state index in [0.29, 0.717) is 10.7 Å². The van der Waals surface area contributed by atoms with E-state index in [0.717, 1.165) is 23.8 Å². The lowest BCUT2D eigenvalue weighted by molar-refractivity contribution is -0.114. The summed E-state index contributed by atoms with van der Waals surface area (Å²) in [6.45, 7) is 1.59. The molecular formula is C15H13ClF2N2O. The molecule has 2 aromatic carbocycles. The van der Waals surface area contributed by atoms with Crippen molar-refractivity contribution in [3.8, 4) is 0 Å². The fourth-order valence-corrected chi connectivity index (χ4v) is 1.92. The van der Waals surface area contributed by atoms with Crippen LogP contribution in [0.15, 0.2) is 36.4 Å². The molecule has 2 aromatic rings. The highest BCUT2D eigenvalue weighted by Crippen LogP contribution is 2.22. The van der Waals surface area contributed by atoms with E-state index in [1.807, 2.05) is 0 Å². The molecule has 0 unspecified atom stereocenters. The molecule has 0 spiro atoms. The van der Waals surface area contributed by atoms with Crippen molar-refractivity contribution in [2.75, 3.05) is 17.2 Å². The lowest BCUT2D eigenvalue weighted by atomic mass is 10.2. The Morgan fingerprint density at radius 3 is 2.71 bits per heavy atom. The molecule has 2 N–H and O–H groups in total. The van der Waals surface area contributed by atoms with Gasteiger partial charge in [0.05, 0.1) is 12.2 Å². The summed E-state index contributed by atoms with van der Waals surface area (Å²) in [7, 11) is 0. The fraction of sp³-hybridized carbons (Fsp3) is 0.133. The second-order valence-electron chi connectivity index (χ2n) is 4.44. The number of amides is 1. The zero-order chi connectivity index (χ0) is 15.4. The van der Waals surface area contributed by atoms with Crippen molar-refractivity contribution in [3.63, 3.8) is 0 Å². The van der Waals surface area contributed by atoms with Crippen molar-refractivity contribution >= 4 is 28.9 Å². The van der Waals surface area contributed by atoms with E-state index >= 15 is 0 Å². The predicted molar refractivity (Wildman–Crippen MR) is 79.7 cm³/mol. The molecule has 110 valence electrons. The number of halogens is 3. The summed E-state index contributed by atoms with van der Waals surface area (Å²) in [6, 6.07) is 8.14. The van der Waals surface area contributed by atoms with Gasteiger partial charge in [-0.25, -0.2) is 8.78 Å². The summed E-state index contributed by atoms with van der Waals surface area (Å²) in [5.74, 6) is -1.59. The third-order valence-electron chi connectivity index (χ3n) is 2.91. The lowest BCUT2D eigenvalue weighted by Gasteiger charge is -2.11. The Kier molecular flexibility index (Phi) is 4.75. The first kappa shape index (κ1) is 15.3. The summed E-state index contributed by atoms with van der Waals surface area (Å²) in [5, 5.41) is 5.74. The molecule has 0 fully saturated rings. The van der Waals surface area contributed by atoms with Crippen molar-refractivity contribution in [1.82, 2.24) is 0 Å². The number of hydrogen-bond acceptors (Lipinski definition) is 2. The highest BCUT2D eigenvalue weighted by molar-refractivity contribution is 6.31. The molecule has 0 heterocycles. The maximum atomic E-state index is 13.4. The molecule has 0 aliphatic heterocycles. The largest absolute Gasteiger partial charge is 0.374 e. The van der Waals surface area contributed by atoms with Crippen LogP contribution in [0.3, 0.4) is 0 Å². The number of carbonyl (C=O) groups is 1. The number of rotatable bonds is 4. The standard InChI is InChI=1S/C15H13ClF2N2O/c1-9-11(16)3-2-4-13(9)20-15(21)8-19-14-7-10(17)5-6-12(14)18/h2-7,19H,8H2,1H3,(H,20,21). The van der Waals surface area contributed by atoms with Gasteiger partial charge in [-0.3, -0.25) is 4.79 Å². The van der Waals surface area contributed by atoms with Gasteiger partial charge in [-0.15, -0.1) is 0 Å². The average molecular weight is 311 g/mol. The molecule has 0 saturated carbocycles. The predicted octanol–water partition coefficient (Wildman–Crippen LogP) is 3.98. The normalized spacial score (nSPS) is 10.3. The van der Waals surface area contributed by atoms with Crippen molar-refractivity contribution in [1.29, 1.82) is 0 Å². The molecule has 0 bridgehead atoms. The molecule has 3 nitrogen and oxygen atoms in total. The topological polar surface area (TPSA) is 41.1 Å². The molecule has 0 radical (unpaired) electrons. The first-order valence-corrected chi connectivity index (χ1v) is 6.59. The van der Waals surface area contributed by atoms with Gasteiger partial charge in [0, 0.05) is 10.7 Å². The van der Waals surface area contributed by atoms with Gasteiger partial charge in [0.2, 0.25) is 5.91 Å². The number of anilines is 2. The average Bonchev–Trinajstić information content (AvgIpc) is 2.45. The molecule has 6 heteroatoms. The van der Waals surface area contributed by atoms with Crippen LogP contribution in [0.4, 0.5) is 20.2 Å². The highest BCUT2D eigenvalue weighted by Gasteiger charge is 2.08. The molecular weight excluding hydrogens is 298 g/mol. The molecule has 0 saturated heterocycles. The summed E-state index contributed by atoms with van der Waals surface area (Å²) in [4.78, 5) is 11.8. The Balaban J connectivity index is 1.99. The van der Waals surface area contributed by atoms with Gasteiger partial charge in [-0.2, -0.15) is 0 Å². The van der Waals surface area contributed by atoms with Gasteiger partial charge in [0.25, 0.3) is 0 Å². The summed E-state index contributed by atoms with van der Waals surface area (Å²) in [5.41, 5.74) is 1.26. The number of hydrogen-bond donors (Lipinski definition) is 2. The van der Waals surface area contributed by atoms with Crippen molar-refractivity contribution in [2.45, 2.75) is 6.92 Å². The van der Waals surface area contributed by atoms with Crippen LogP contribution in [0.2, 0.25) is 5.02 Å². The van der Waals surface area contributed by atoms with E-state index in [1.54, 1.807) is 25.1 Å². The lowest BCUT2D eigenvalue weighted by Crippen LogP contribution is -2.22. The molecule has 0 aliphatic carbocycles. The Hall–Kier alpha value is -2.14. The van der Waals surface area contributed by atoms with Crippen molar-refractivity contribution in [2.24, 2.45) is 0 Å². The minimum atomic E-state index is -0.622. The third kappa shape index (κ3) is 3.92. The van der Waals surface area contributed by atoms with E-state index in [1.165, 1.54) is 0 Å². The van der Waals surface area contributed by atoms with Crippen molar-refractivity contribution in [3.05, 3.63) is 58.6 Å². The summed E-state index contributed by atoms with van der Waals surface area (Å²) >= 11 is 5.95. The van der Waals surface area contributed by atoms with Crippen molar-refractivity contribution < 1.29 is 13.6 Å². The van der Waals surface area contributed by atoms with Crippen LogP contribution in [0.25, 0.3) is 0 Å². The monoisotopic (exact) mass is 310 g/mol. The van der Waals surface area contributed by atoms with Crippen LogP contribution in [0.1, 0.15) is 5.56 Å². The van der Waals surface area contributed by atoms with Crippen LogP contribution in [-0.4, -0.2) is 12.5 Å². The van der Waals surface area contributed by atoms with E-state index in [-0.39, 0.29) is 18.1 Å². The van der Waals surface area contributed by atoms with Crippen LogP contribution in [0, 0.1) is 18.6 Å². The fourth-order valence-electron chi connectivity index (χ4n) is 1.75. The van der Waals surface area contributed by atoms with E-state index in [9.17, 15) is 13.6 Å². The highest BCUT2D eigenvalue weighted by atomic mass is 35.5. The zero-order valence-electron chi connectivity index (χ0n) is 11.2. The summed E-state index contributed by atoms with van der Waals surface area (Å²) in [6.07, 6.45) is 0. The van der Waals surface area contributed by atoms with Crippen LogP contribution >= 0.6 is 11.6 Å². The Labute approximate surface area is 125 Å². The van der Waals surface area contributed by atoms with Crippen LogP contribution in [-0.2, 0) is 4.79 Å². The van der Waals surface area contributed by atoms with Gasteiger partial charge in [-0.05, 0) is 42.8 Å². The van der Waals surface area contributed by atoms with Crippen LogP contribution < -0.4 is 10.6 Å². The Morgan fingerprint density at radius 2 is 1.95 bits per heavy atom. The molecule has 1 amide bonds. The quantitative estimate of drug-likeness (QED) is 0.897. The smallest absolute Gasteiger partial charge is 0.243 e. The van der Waals surface area contributed by atoms with E-state index in [4.69, 9.17) is 11.6 Å². The van der Waals surface area contributed by atoms with Gasteiger partial charge < -0.3 is 10.6 Å². The number of carbonyl (C=O) groups excluding carboxylic acids is 1. The molecule has 21 heavy (non-hydrogen) atoms. The minimum absolute atomic E-state index is 0.0621. The number of nitrogens with one attached hydrogen (secondary N) is 2. The van der Waals surface area contributed by atoms with Gasteiger partial charge >= 0.3 is 0 Å². The second kappa shape index (κ2) is 6.54. The molecule has 2 rings (SSSR count). The molecule has 0 atom stereocenters. The number of benzene rings is 2. The SMILES string of the molecule is Cc1c(Cl)cccc1NC(=O)CNc1cc(F)ccc1F. The second-order valence-corrected chi connectivity index (χ2v) is 4.85. The van der Waals surface area contributed by atoms with E-state index in [2.05, 4.69) is 10.6 Å². The molecule has 0 aromatic heterocycles. The van der Waals surface area contributed by atoms with Gasteiger partial charge in [0.1, 0.15) is 11.6 Å². The Bertz CT molecular complexity index is 677. The third-order valence-corrected chi connectivity index (χ3v) is 3.32. The van der Waals surface area contributed by atoms with E-state index < -0.39 is 11.6 Å². The zero-order valence-corrected chi connectivity index (χ0v) is 12.0. The minimum Gasteiger partial charge on any atom is -0.374 e.